The number of amides is 1. The first-order chi connectivity index (χ1) is 13.6. The van der Waals surface area contributed by atoms with Crippen molar-refractivity contribution >= 4 is 16.9 Å². The van der Waals surface area contributed by atoms with Gasteiger partial charge in [0.25, 0.3) is 0 Å². The van der Waals surface area contributed by atoms with Crippen LogP contribution in [0.15, 0.2) is 55.0 Å². The zero-order chi connectivity index (χ0) is 19.5. The third kappa shape index (κ3) is 3.71. The molecule has 140 valence electrons. The molecule has 3 aromatic heterocycles. The summed E-state index contributed by atoms with van der Waals surface area (Å²) in [5.41, 5.74) is 4.11. The average molecular weight is 373 g/mol. The number of fused-ring (bicyclic) bond motifs is 1. The molecule has 3 heterocycles. The van der Waals surface area contributed by atoms with Crippen LogP contribution in [0.4, 0.5) is 0 Å². The van der Waals surface area contributed by atoms with Gasteiger partial charge in [-0.15, -0.1) is 0 Å². The highest BCUT2D eigenvalue weighted by Gasteiger charge is 2.15. The first kappa shape index (κ1) is 17.7. The molecule has 0 saturated heterocycles. The molecule has 28 heavy (non-hydrogen) atoms. The van der Waals surface area contributed by atoms with Gasteiger partial charge in [0, 0.05) is 35.4 Å². The second-order valence-corrected chi connectivity index (χ2v) is 6.48. The lowest BCUT2D eigenvalue weighted by molar-refractivity contribution is -0.122. The Morgan fingerprint density at radius 1 is 1.11 bits per heavy atom. The largest absolute Gasteiger partial charge is 0.348 e. The maximum Gasteiger partial charge on any atom is 0.244 e. The van der Waals surface area contributed by atoms with Gasteiger partial charge >= 0.3 is 0 Å². The molecule has 4 rings (SSSR count). The van der Waals surface area contributed by atoms with E-state index in [4.69, 9.17) is 0 Å². The Kier molecular flexibility index (Phi) is 4.76. The second kappa shape index (κ2) is 7.51. The third-order valence-electron chi connectivity index (χ3n) is 4.41. The lowest BCUT2D eigenvalue weighted by Gasteiger charge is -2.16. The fourth-order valence-corrected chi connectivity index (χ4v) is 3.01. The Bertz CT molecular complexity index is 1090. The highest BCUT2D eigenvalue weighted by molar-refractivity contribution is 5.77. The Balaban J connectivity index is 1.45. The average Bonchev–Trinajstić information content (AvgIpc) is 3.10. The molecule has 4 aromatic rings. The van der Waals surface area contributed by atoms with Crippen LogP contribution in [0.2, 0.25) is 0 Å². The van der Waals surface area contributed by atoms with Gasteiger partial charge in [-0.1, -0.05) is 12.1 Å². The van der Waals surface area contributed by atoms with Gasteiger partial charge in [0.05, 0.1) is 6.04 Å². The van der Waals surface area contributed by atoms with E-state index >= 15 is 0 Å². The number of rotatable bonds is 5. The molecule has 1 atom stereocenters. The van der Waals surface area contributed by atoms with E-state index in [2.05, 4.69) is 30.5 Å². The van der Waals surface area contributed by atoms with Gasteiger partial charge in [0.2, 0.25) is 5.91 Å². The van der Waals surface area contributed by atoms with Crippen LogP contribution >= 0.6 is 0 Å². The highest BCUT2D eigenvalue weighted by Crippen LogP contribution is 2.19. The van der Waals surface area contributed by atoms with E-state index in [1.807, 2.05) is 50.2 Å². The summed E-state index contributed by atoms with van der Waals surface area (Å²) >= 11 is 0. The maximum absolute atomic E-state index is 12.4. The lowest BCUT2D eigenvalue weighted by Crippen LogP contribution is -2.31. The van der Waals surface area contributed by atoms with Gasteiger partial charge in [-0.05, 0) is 38.1 Å². The smallest absolute Gasteiger partial charge is 0.244 e. The number of carbonyl (C=O) groups is 1. The fraction of sp³-hybridized carbons (Fsp3) is 0.200. The number of hydrogen-bond acceptors (Lipinski definition) is 6. The third-order valence-corrected chi connectivity index (χ3v) is 4.41. The van der Waals surface area contributed by atoms with Gasteiger partial charge in [-0.2, -0.15) is 15.0 Å². The minimum absolute atomic E-state index is 0.0496. The normalized spacial score (nSPS) is 12.1. The minimum Gasteiger partial charge on any atom is -0.348 e. The van der Waals surface area contributed by atoms with E-state index in [0.717, 1.165) is 27.9 Å². The molecule has 0 saturated carbocycles. The summed E-state index contributed by atoms with van der Waals surface area (Å²) < 4.78 is 0. The van der Waals surface area contributed by atoms with E-state index in [9.17, 15) is 4.79 Å². The first-order valence-electron chi connectivity index (χ1n) is 8.93. The van der Waals surface area contributed by atoms with Crippen LogP contribution in [-0.4, -0.2) is 35.9 Å². The Labute approximate surface area is 161 Å². The van der Waals surface area contributed by atoms with Gasteiger partial charge in [-0.3, -0.25) is 9.78 Å². The topological polar surface area (TPSA) is 98.5 Å². The lowest BCUT2D eigenvalue weighted by atomic mass is 10.1. The van der Waals surface area contributed by atoms with Crippen molar-refractivity contribution in [2.45, 2.75) is 26.4 Å². The molecule has 0 aliphatic carbocycles. The molecular formula is C20H19N7O. The monoisotopic (exact) mass is 373 g/mol. The van der Waals surface area contributed by atoms with Crippen molar-refractivity contribution in [3.63, 3.8) is 0 Å². The van der Waals surface area contributed by atoms with Crippen LogP contribution in [0.3, 0.4) is 0 Å². The van der Waals surface area contributed by atoms with Crippen LogP contribution in [0, 0.1) is 6.92 Å². The molecular weight excluding hydrogens is 354 g/mol. The molecule has 8 nitrogen and oxygen atoms in total. The predicted molar refractivity (Wildman–Crippen MR) is 104 cm³/mol. The molecule has 0 aliphatic heterocycles. The molecule has 1 unspecified atom stereocenters. The van der Waals surface area contributed by atoms with Crippen molar-refractivity contribution in [2.24, 2.45) is 0 Å². The number of carbonyl (C=O) groups excluding carboxylic acids is 1. The van der Waals surface area contributed by atoms with Crippen LogP contribution in [0.5, 0.6) is 0 Å². The molecule has 0 radical (unpaired) electrons. The van der Waals surface area contributed by atoms with Crippen LogP contribution in [-0.2, 0) is 11.3 Å². The summed E-state index contributed by atoms with van der Waals surface area (Å²) in [6.45, 7) is 3.86. The molecule has 0 bridgehead atoms. The summed E-state index contributed by atoms with van der Waals surface area (Å²) in [5.74, 6) is 0.458. The number of aromatic nitrogens is 6. The quantitative estimate of drug-likeness (QED) is 0.577. The number of hydrogen-bond donors (Lipinski definition) is 1. The summed E-state index contributed by atoms with van der Waals surface area (Å²) in [6, 6.07) is 11.0. The highest BCUT2D eigenvalue weighted by atomic mass is 16.2. The van der Waals surface area contributed by atoms with E-state index in [1.54, 1.807) is 18.6 Å². The molecule has 1 aromatic carbocycles. The van der Waals surface area contributed by atoms with E-state index in [1.165, 1.54) is 4.80 Å². The molecule has 0 fully saturated rings. The summed E-state index contributed by atoms with van der Waals surface area (Å²) in [5, 5.41) is 11.6. The summed E-state index contributed by atoms with van der Waals surface area (Å²) in [4.78, 5) is 26.8. The molecule has 0 spiro atoms. The van der Waals surface area contributed by atoms with Gasteiger partial charge < -0.3 is 5.32 Å². The Morgan fingerprint density at radius 2 is 1.79 bits per heavy atom. The van der Waals surface area contributed by atoms with Crippen molar-refractivity contribution < 1.29 is 4.79 Å². The second-order valence-electron chi connectivity index (χ2n) is 6.48. The molecule has 8 heteroatoms. The van der Waals surface area contributed by atoms with Crippen molar-refractivity contribution in [2.75, 3.05) is 0 Å². The fourth-order valence-electron chi connectivity index (χ4n) is 3.01. The Morgan fingerprint density at radius 3 is 2.43 bits per heavy atom. The number of pyridine rings is 1. The maximum atomic E-state index is 12.4. The standard InChI is InChI=1S/C20H19N7O/c1-13(16-11-22-20(24-14(16)2)15-7-9-21-10-8-15)23-19(28)12-27-25-17-5-3-4-6-18(17)26-27/h3-11,13H,12H2,1-2H3,(H,23,28). The van der Waals surface area contributed by atoms with E-state index < -0.39 is 0 Å². The SMILES string of the molecule is Cc1nc(-c2ccncc2)ncc1C(C)NC(=O)Cn1nc2ccccc2n1. The van der Waals surface area contributed by atoms with Gasteiger partial charge in [0.1, 0.15) is 17.6 Å². The Hall–Kier alpha value is -3.68. The van der Waals surface area contributed by atoms with E-state index in [0.29, 0.717) is 5.82 Å². The zero-order valence-corrected chi connectivity index (χ0v) is 15.6. The number of benzene rings is 1. The van der Waals surface area contributed by atoms with Crippen molar-refractivity contribution in [3.8, 4) is 11.4 Å². The molecule has 1 N–H and O–H groups in total. The van der Waals surface area contributed by atoms with Crippen molar-refractivity contribution in [1.29, 1.82) is 0 Å². The molecule has 0 aliphatic rings. The van der Waals surface area contributed by atoms with Gasteiger partial charge in [-0.25, -0.2) is 9.97 Å². The van der Waals surface area contributed by atoms with Crippen LogP contribution < -0.4 is 5.32 Å². The van der Waals surface area contributed by atoms with Crippen molar-refractivity contribution in [1.82, 2.24) is 35.3 Å². The summed E-state index contributed by atoms with van der Waals surface area (Å²) in [7, 11) is 0. The zero-order valence-electron chi connectivity index (χ0n) is 15.6. The summed E-state index contributed by atoms with van der Waals surface area (Å²) in [6.07, 6.45) is 5.17. The first-order valence-corrected chi connectivity index (χ1v) is 8.93. The predicted octanol–water partition coefficient (Wildman–Crippen LogP) is 2.47. The number of nitrogens with zero attached hydrogens (tertiary/aromatic N) is 6. The minimum atomic E-state index is -0.232. The van der Waals surface area contributed by atoms with Crippen LogP contribution in [0.1, 0.15) is 24.2 Å². The van der Waals surface area contributed by atoms with Crippen LogP contribution in [0.25, 0.3) is 22.4 Å². The number of nitrogens with one attached hydrogen (secondary N) is 1. The van der Waals surface area contributed by atoms with Gasteiger partial charge in [0.15, 0.2) is 5.82 Å². The van der Waals surface area contributed by atoms with E-state index in [-0.39, 0.29) is 18.5 Å². The molecule has 1 amide bonds. The van der Waals surface area contributed by atoms with Crippen molar-refractivity contribution in [3.05, 3.63) is 66.2 Å². The number of aryl methyl sites for hydroxylation is 1.